The quantitative estimate of drug-likeness (QED) is 0.651. The lowest BCUT2D eigenvalue weighted by molar-refractivity contribution is 0.610. The maximum Gasteiger partial charge on any atom is 0.00401 e. The van der Waals surface area contributed by atoms with Gasteiger partial charge in [0.15, 0.2) is 0 Å². The summed E-state index contributed by atoms with van der Waals surface area (Å²) in [4.78, 5) is 3.13. The summed E-state index contributed by atoms with van der Waals surface area (Å²) in [6.07, 6.45) is 8.10. The largest absolute Gasteiger partial charge is 0.367 e. The highest BCUT2D eigenvalue weighted by atomic mass is 14.8. The van der Waals surface area contributed by atoms with Crippen molar-refractivity contribution in [1.82, 2.24) is 10.3 Å². The number of H-pyrrole nitrogens is 1. The lowest BCUT2D eigenvalue weighted by Gasteiger charge is -2.10. The van der Waals surface area contributed by atoms with Crippen LogP contribution in [0.2, 0.25) is 0 Å². The zero-order chi connectivity index (χ0) is 8.23. The van der Waals surface area contributed by atoms with Crippen LogP contribution in [-0.4, -0.2) is 18.1 Å². The molecule has 1 aromatic heterocycles. The van der Waals surface area contributed by atoms with Crippen LogP contribution in [0.1, 0.15) is 30.7 Å². The molecule has 2 N–H and O–H groups in total. The molecule has 2 nitrogen and oxygen atoms in total. The van der Waals surface area contributed by atoms with Crippen LogP contribution in [0.4, 0.5) is 0 Å². The molecule has 0 amide bonds. The summed E-state index contributed by atoms with van der Waals surface area (Å²) in [5.74, 6) is 0.784. The van der Waals surface area contributed by atoms with Crippen molar-refractivity contribution < 1.29 is 0 Å². The second kappa shape index (κ2) is 3.76. The maximum atomic E-state index is 3.43. The molecular weight excluding hydrogens is 148 g/mol. The molecule has 2 heterocycles. The molecule has 0 saturated carbocycles. The summed E-state index contributed by atoms with van der Waals surface area (Å²) < 4.78 is 0. The first-order valence-electron chi connectivity index (χ1n) is 4.80. The monoisotopic (exact) mass is 164 g/mol. The molecule has 66 valence electrons. The molecule has 1 fully saturated rings. The fraction of sp³-hybridized carbons (Fsp3) is 0.600. The molecule has 0 radical (unpaired) electrons. The van der Waals surface area contributed by atoms with Gasteiger partial charge >= 0.3 is 0 Å². The third-order valence-electron chi connectivity index (χ3n) is 2.67. The van der Waals surface area contributed by atoms with Gasteiger partial charge in [0.25, 0.3) is 0 Å². The van der Waals surface area contributed by atoms with Gasteiger partial charge in [-0.25, -0.2) is 0 Å². The Balaban J connectivity index is 2.02. The normalized spacial score (nSPS) is 25.2. The predicted octanol–water partition coefficient (Wildman–Crippen LogP) is 1.87. The van der Waals surface area contributed by atoms with Gasteiger partial charge in [0, 0.05) is 12.4 Å². The Morgan fingerprint density at radius 2 is 2.25 bits per heavy atom. The first-order valence-corrected chi connectivity index (χ1v) is 4.80. The zero-order valence-corrected chi connectivity index (χ0v) is 7.34. The summed E-state index contributed by atoms with van der Waals surface area (Å²) in [6, 6.07) is 2.20. The van der Waals surface area contributed by atoms with Gasteiger partial charge in [0.2, 0.25) is 0 Å². The second-order valence-electron chi connectivity index (χ2n) is 3.52. The fourth-order valence-electron chi connectivity index (χ4n) is 1.94. The van der Waals surface area contributed by atoms with Gasteiger partial charge in [0.05, 0.1) is 0 Å². The van der Waals surface area contributed by atoms with Crippen molar-refractivity contribution in [2.45, 2.75) is 25.2 Å². The van der Waals surface area contributed by atoms with E-state index in [1.807, 2.05) is 6.20 Å². The van der Waals surface area contributed by atoms with E-state index in [0.29, 0.717) is 0 Å². The number of hydrogen-bond donors (Lipinski definition) is 2. The molecule has 0 bridgehead atoms. The van der Waals surface area contributed by atoms with Gasteiger partial charge in [-0.15, -0.1) is 0 Å². The Bertz CT molecular complexity index is 208. The third kappa shape index (κ3) is 1.69. The van der Waals surface area contributed by atoms with Gasteiger partial charge in [0.1, 0.15) is 0 Å². The van der Waals surface area contributed by atoms with E-state index >= 15 is 0 Å². The average molecular weight is 164 g/mol. The average Bonchev–Trinajstić information content (AvgIpc) is 2.48. The third-order valence-corrected chi connectivity index (χ3v) is 2.67. The molecule has 0 spiro atoms. The van der Waals surface area contributed by atoms with Gasteiger partial charge in [-0.2, -0.15) is 0 Å². The molecule has 1 aliphatic rings. The van der Waals surface area contributed by atoms with E-state index in [-0.39, 0.29) is 0 Å². The Morgan fingerprint density at radius 3 is 3.08 bits per heavy atom. The fourth-order valence-corrected chi connectivity index (χ4v) is 1.94. The summed E-state index contributed by atoms with van der Waals surface area (Å²) in [5.41, 5.74) is 1.48. The highest BCUT2D eigenvalue weighted by Gasteiger charge is 2.13. The number of hydrogen-bond acceptors (Lipinski definition) is 1. The number of rotatable bonds is 1. The number of nitrogens with one attached hydrogen (secondary N) is 2. The van der Waals surface area contributed by atoms with Crippen LogP contribution >= 0.6 is 0 Å². The maximum absolute atomic E-state index is 3.43. The first kappa shape index (κ1) is 7.87. The Labute approximate surface area is 73.4 Å². The molecular formula is C10H16N2. The van der Waals surface area contributed by atoms with E-state index in [4.69, 9.17) is 0 Å². The van der Waals surface area contributed by atoms with E-state index < -0.39 is 0 Å². The van der Waals surface area contributed by atoms with E-state index in [1.54, 1.807) is 0 Å². The van der Waals surface area contributed by atoms with Crippen molar-refractivity contribution in [3.8, 4) is 0 Å². The van der Waals surface area contributed by atoms with E-state index in [9.17, 15) is 0 Å². The van der Waals surface area contributed by atoms with Crippen LogP contribution in [0.15, 0.2) is 18.5 Å². The minimum Gasteiger partial charge on any atom is -0.367 e. The Morgan fingerprint density at radius 1 is 1.25 bits per heavy atom. The topological polar surface area (TPSA) is 27.8 Å². The van der Waals surface area contributed by atoms with Gasteiger partial charge in [-0.05, 0) is 49.9 Å². The van der Waals surface area contributed by atoms with Crippen molar-refractivity contribution in [3.05, 3.63) is 24.0 Å². The van der Waals surface area contributed by atoms with E-state index in [2.05, 4.69) is 22.6 Å². The SMILES string of the molecule is c1cc(C2CCCNCC2)c[nH]1. The second-order valence-corrected chi connectivity index (χ2v) is 3.52. The highest BCUT2D eigenvalue weighted by Crippen LogP contribution is 2.25. The molecule has 1 aromatic rings. The Kier molecular flexibility index (Phi) is 2.47. The van der Waals surface area contributed by atoms with Crippen molar-refractivity contribution in [2.24, 2.45) is 0 Å². The number of aromatic nitrogens is 1. The van der Waals surface area contributed by atoms with Gasteiger partial charge in [-0.1, -0.05) is 0 Å². The first-order chi connectivity index (χ1) is 5.97. The van der Waals surface area contributed by atoms with Crippen molar-refractivity contribution in [1.29, 1.82) is 0 Å². The van der Waals surface area contributed by atoms with Crippen molar-refractivity contribution >= 4 is 0 Å². The van der Waals surface area contributed by atoms with Crippen LogP contribution in [0.25, 0.3) is 0 Å². The van der Waals surface area contributed by atoms with E-state index in [0.717, 1.165) is 5.92 Å². The number of aromatic amines is 1. The molecule has 0 aliphatic carbocycles. The zero-order valence-electron chi connectivity index (χ0n) is 7.34. The van der Waals surface area contributed by atoms with Crippen molar-refractivity contribution in [3.63, 3.8) is 0 Å². The van der Waals surface area contributed by atoms with Crippen LogP contribution < -0.4 is 5.32 Å². The smallest absolute Gasteiger partial charge is 0.00401 e. The summed E-state index contributed by atoms with van der Waals surface area (Å²) in [5, 5.41) is 3.43. The highest BCUT2D eigenvalue weighted by molar-refractivity contribution is 5.14. The molecule has 1 saturated heterocycles. The summed E-state index contributed by atoms with van der Waals surface area (Å²) in [7, 11) is 0. The van der Waals surface area contributed by atoms with Crippen LogP contribution in [0.3, 0.4) is 0 Å². The molecule has 1 aliphatic heterocycles. The molecule has 12 heavy (non-hydrogen) atoms. The molecule has 1 atom stereocenters. The predicted molar refractivity (Wildman–Crippen MR) is 50.3 cm³/mol. The van der Waals surface area contributed by atoms with Crippen molar-refractivity contribution in [2.75, 3.05) is 13.1 Å². The lowest BCUT2D eigenvalue weighted by atomic mass is 9.94. The Hall–Kier alpha value is -0.760. The standard InChI is InChI=1S/C10H16N2/c1-2-9(3-6-11-5-1)10-4-7-12-8-10/h4,7-9,11-12H,1-3,5-6H2. The molecule has 0 aromatic carbocycles. The molecule has 2 heteroatoms. The lowest BCUT2D eigenvalue weighted by Crippen LogP contribution is -2.13. The van der Waals surface area contributed by atoms with Crippen LogP contribution in [0, 0.1) is 0 Å². The van der Waals surface area contributed by atoms with Crippen LogP contribution in [0.5, 0.6) is 0 Å². The molecule has 2 rings (SSSR count). The molecule has 1 unspecified atom stereocenters. The van der Waals surface area contributed by atoms with E-state index in [1.165, 1.54) is 37.9 Å². The van der Waals surface area contributed by atoms with Crippen LogP contribution in [-0.2, 0) is 0 Å². The van der Waals surface area contributed by atoms with Gasteiger partial charge in [-0.3, -0.25) is 0 Å². The minimum absolute atomic E-state index is 0.784. The summed E-state index contributed by atoms with van der Waals surface area (Å²) >= 11 is 0. The minimum atomic E-state index is 0.784. The van der Waals surface area contributed by atoms with Gasteiger partial charge < -0.3 is 10.3 Å². The summed E-state index contributed by atoms with van der Waals surface area (Å²) in [6.45, 7) is 2.37.